The Labute approximate surface area is 277 Å². The van der Waals surface area contributed by atoms with Crippen LogP contribution in [0.25, 0.3) is 16.8 Å². The van der Waals surface area contributed by atoms with Crippen molar-refractivity contribution < 1.29 is 24.9 Å². The summed E-state index contributed by atoms with van der Waals surface area (Å²) in [4.78, 5) is 15.0. The average molecular weight is 631 g/mol. The van der Waals surface area contributed by atoms with Gasteiger partial charge in [-0.1, -0.05) is 80.1 Å². The molecule has 3 N–H and O–H groups in total. The summed E-state index contributed by atoms with van der Waals surface area (Å²) in [7, 11) is 1.50. The zero-order valence-electron chi connectivity index (χ0n) is 27.6. The summed E-state index contributed by atoms with van der Waals surface area (Å²) in [5.74, 6) is -2.10. The fourth-order valence-corrected chi connectivity index (χ4v) is 12.6. The minimum Gasteiger partial charge on any atom is -0.396 e. The van der Waals surface area contributed by atoms with Crippen LogP contribution in [0.3, 0.4) is 0 Å². The first-order valence-corrected chi connectivity index (χ1v) is 17.8. The highest BCUT2D eigenvalue weighted by atomic mass is 16.6. The Morgan fingerprint density at radius 3 is 2.68 bits per heavy atom. The van der Waals surface area contributed by atoms with E-state index in [1.54, 1.807) is 0 Å². The number of hydrogen-bond donors (Lipinski definition) is 3. The predicted molar refractivity (Wildman–Crippen MR) is 183 cm³/mol. The third-order valence-electron chi connectivity index (χ3n) is 14.5. The maximum Gasteiger partial charge on any atom is 0.185 e. The van der Waals surface area contributed by atoms with Gasteiger partial charge in [-0.15, -0.1) is 0 Å². The van der Waals surface area contributed by atoms with Crippen LogP contribution in [-0.4, -0.2) is 46.7 Å². The molecule has 0 aliphatic heterocycles. The Kier molecular flexibility index (Phi) is 6.37. The highest BCUT2D eigenvalue weighted by Crippen LogP contribution is 2.74. The molecular weight excluding hydrogens is 584 g/mol. The van der Waals surface area contributed by atoms with Crippen molar-refractivity contribution in [3.8, 4) is 0 Å². The van der Waals surface area contributed by atoms with Crippen molar-refractivity contribution in [2.24, 2.45) is 28.6 Å². The number of aliphatic hydroxyl groups is 3. The van der Waals surface area contributed by atoms with Crippen LogP contribution in [0, 0.1) is 28.6 Å². The van der Waals surface area contributed by atoms with Crippen LogP contribution in [0.2, 0.25) is 0 Å². The van der Waals surface area contributed by atoms with E-state index in [1.165, 1.54) is 41.3 Å². The molecule has 0 radical (unpaired) electrons. The van der Waals surface area contributed by atoms with Gasteiger partial charge in [-0.3, -0.25) is 4.79 Å². The first kappa shape index (κ1) is 30.0. The maximum atomic E-state index is 15.0. The molecule has 3 fully saturated rings. The average Bonchev–Trinajstić information content (AvgIpc) is 3.67. The lowest BCUT2D eigenvalue weighted by Crippen LogP contribution is -2.56. The predicted octanol–water partition coefficient (Wildman–Crippen LogP) is 6.58. The topological polar surface area (TPSA) is 87.0 Å². The van der Waals surface area contributed by atoms with Gasteiger partial charge in [0.1, 0.15) is 5.78 Å². The summed E-state index contributed by atoms with van der Waals surface area (Å²) in [6, 6.07) is 17.9. The first-order chi connectivity index (χ1) is 22.6. The first-order valence-electron chi connectivity index (χ1n) is 17.8. The highest BCUT2D eigenvalue weighted by molar-refractivity contribution is 5.91. The van der Waals surface area contributed by atoms with E-state index in [1.807, 2.05) is 6.08 Å². The minimum atomic E-state index is -1.74. The van der Waals surface area contributed by atoms with Crippen molar-refractivity contribution in [3.05, 3.63) is 100 Å². The maximum absolute atomic E-state index is 15.0. The van der Waals surface area contributed by atoms with Crippen LogP contribution in [-0.2, 0) is 34.2 Å². The molecule has 0 heterocycles. The Morgan fingerprint density at radius 1 is 1.02 bits per heavy atom. The van der Waals surface area contributed by atoms with Crippen LogP contribution >= 0.6 is 0 Å². The fourth-order valence-electron chi connectivity index (χ4n) is 12.6. The van der Waals surface area contributed by atoms with E-state index < -0.39 is 28.6 Å². The molecule has 3 aromatic carbocycles. The normalized spacial score (nSPS) is 40.0. The number of carbonyl (C=O) groups excluding carboxylic acids is 1. The third-order valence-corrected chi connectivity index (χ3v) is 14.5. The third kappa shape index (κ3) is 3.52. The molecule has 0 saturated heterocycles. The number of rotatable bonds is 2. The van der Waals surface area contributed by atoms with Gasteiger partial charge in [-0.05, 0) is 107 Å². The van der Waals surface area contributed by atoms with Crippen molar-refractivity contribution in [2.75, 3.05) is 13.7 Å². The second-order valence-corrected chi connectivity index (χ2v) is 16.0. The van der Waals surface area contributed by atoms with Crippen LogP contribution in [0.1, 0.15) is 84.7 Å². The van der Waals surface area contributed by atoms with Crippen LogP contribution in [0.15, 0.2) is 66.8 Å². The summed E-state index contributed by atoms with van der Waals surface area (Å²) >= 11 is 0. The largest absolute Gasteiger partial charge is 0.396 e. The van der Waals surface area contributed by atoms with Crippen molar-refractivity contribution in [1.82, 2.24) is 0 Å². The zero-order chi connectivity index (χ0) is 32.5. The number of ketones is 1. The lowest BCUT2D eigenvalue weighted by atomic mass is 9.54. The molecule has 5 heteroatoms. The fraction of sp³-hybridized carbons (Fsp3) is 0.500. The molecule has 0 amide bonds. The van der Waals surface area contributed by atoms with Gasteiger partial charge in [-0.25, -0.2) is 0 Å². The lowest BCUT2D eigenvalue weighted by Gasteiger charge is -2.50. The summed E-state index contributed by atoms with van der Waals surface area (Å²) in [6.07, 6.45) is 10.8. The van der Waals surface area contributed by atoms with Crippen molar-refractivity contribution in [3.63, 3.8) is 0 Å². The van der Waals surface area contributed by atoms with E-state index >= 15 is 4.79 Å². The molecule has 9 bridgehead atoms. The van der Waals surface area contributed by atoms with Gasteiger partial charge < -0.3 is 20.1 Å². The molecule has 9 rings (SSSR count). The number of hydrogen-bond acceptors (Lipinski definition) is 5. The number of fused-ring (bicyclic) bond motifs is 2. The van der Waals surface area contributed by atoms with Gasteiger partial charge in [0.15, 0.2) is 5.79 Å². The van der Waals surface area contributed by atoms with E-state index in [9.17, 15) is 15.3 Å². The SMILES string of the molecule is C=C1[C@H]2[C@@H](CO)C[C@]3(C(=O)CCc4cccc5c4CC[C@@H]4CCC[C@]54[C@H]4c5cc6cc(ccc6cc5C=C[C@@H]4O)C[C@]13C)[C@]2(O)OC. The molecule has 0 aromatic heterocycles. The molecule has 9 atom stereocenters. The van der Waals surface area contributed by atoms with Gasteiger partial charge in [-0.2, -0.15) is 0 Å². The molecule has 0 unspecified atom stereocenters. The van der Waals surface area contributed by atoms with Crippen molar-refractivity contribution in [2.45, 2.75) is 87.9 Å². The summed E-state index contributed by atoms with van der Waals surface area (Å²) in [5.41, 5.74) is 6.07. The van der Waals surface area contributed by atoms with Gasteiger partial charge in [0, 0.05) is 42.8 Å². The molecule has 6 aliphatic carbocycles. The number of methoxy groups -OCH3 is 1. The van der Waals surface area contributed by atoms with E-state index in [0.29, 0.717) is 25.2 Å². The number of benzene rings is 3. The molecule has 6 aliphatic rings. The monoisotopic (exact) mass is 630 g/mol. The number of aryl methyl sites for hydroxylation is 1. The standard InChI is InChI=1S/C42H46O5/c1-24-37-30(23-43)22-41(42(37,46)47-3)36(45)16-12-26-6-4-8-34-32(26)14-13-31-7-5-17-40(31,34)38-33-20-29-18-25(21-39(24,41)2)9-10-27(29)19-28(33)11-15-35(38)44/h4,6,8-11,15,18-20,30-31,35,37-38,43-44,46H,1,5,7,12-14,16-17,21-23H2,2-3H3/t30-,31+,35+,37+,38+,39-,40-,41-,42-/m1/s1. The minimum absolute atomic E-state index is 0.00142. The smallest absolute Gasteiger partial charge is 0.185 e. The van der Waals surface area contributed by atoms with Gasteiger partial charge >= 0.3 is 0 Å². The Morgan fingerprint density at radius 2 is 1.87 bits per heavy atom. The summed E-state index contributed by atoms with van der Waals surface area (Å²) < 4.78 is 6.01. The zero-order valence-corrected chi connectivity index (χ0v) is 27.6. The van der Waals surface area contributed by atoms with Gasteiger partial charge in [0.25, 0.3) is 0 Å². The summed E-state index contributed by atoms with van der Waals surface area (Å²) in [6.45, 7) is 6.52. The molecule has 3 saturated carbocycles. The Bertz CT molecular complexity index is 1890. The summed E-state index contributed by atoms with van der Waals surface area (Å²) in [5, 5.41) is 37.2. The van der Waals surface area contributed by atoms with E-state index in [4.69, 9.17) is 4.74 Å². The molecule has 3 aromatic rings. The van der Waals surface area contributed by atoms with E-state index in [0.717, 1.165) is 47.6 Å². The Hall–Kier alpha value is -3.09. The second kappa shape index (κ2) is 9.98. The molecule has 5 nitrogen and oxygen atoms in total. The number of ether oxygens (including phenoxy) is 1. The van der Waals surface area contributed by atoms with Crippen LogP contribution in [0.5, 0.6) is 0 Å². The van der Waals surface area contributed by atoms with Crippen LogP contribution in [0.4, 0.5) is 0 Å². The number of carbonyl (C=O) groups is 1. The number of aliphatic hydroxyl groups excluding tert-OH is 2. The van der Waals surface area contributed by atoms with Gasteiger partial charge in [0.2, 0.25) is 0 Å². The van der Waals surface area contributed by atoms with Gasteiger partial charge in [0.05, 0.1) is 11.5 Å². The number of Topliss-reactive ketones (excluding diaryl/α,β-unsaturated/α-hetero) is 1. The van der Waals surface area contributed by atoms with E-state index in [2.05, 4.69) is 68.1 Å². The molecule has 2 spiro atoms. The van der Waals surface area contributed by atoms with Crippen molar-refractivity contribution in [1.29, 1.82) is 0 Å². The Balaban J connectivity index is 1.31. The van der Waals surface area contributed by atoms with Crippen molar-refractivity contribution >= 4 is 22.6 Å². The lowest BCUT2D eigenvalue weighted by molar-refractivity contribution is -0.254. The molecule has 244 valence electrons. The quantitative estimate of drug-likeness (QED) is 0.220. The molecular formula is C42H46O5. The van der Waals surface area contributed by atoms with Crippen LogP contribution < -0.4 is 0 Å². The van der Waals surface area contributed by atoms with E-state index in [-0.39, 0.29) is 36.1 Å². The second-order valence-electron chi connectivity index (χ2n) is 16.0. The molecule has 47 heavy (non-hydrogen) atoms. The highest BCUT2D eigenvalue weighted by Gasteiger charge is 2.80.